The second-order valence-corrected chi connectivity index (χ2v) is 6.29. The number of anilines is 1. The molecule has 1 aromatic carbocycles. The van der Waals surface area contributed by atoms with Gasteiger partial charge in [-0.3, -0.25) is 4.79 Å². The molecule has 0 saturated carbocycles. The van der Waals surface area contributed by atoms with Gasteiger partial charge in [-0.1, -0.05) is 38.1 Å². The second-order valence-electron chi connectivity index (χ2n) is 6.29. The summed E-state index contributed by atoms with van der Waals surface area (Å²) in [5.74, 6) is 0.788. The van der Waals surface area contributed by atoms with Crippen molar-refractivity contribution in [2.75, 3.05) is 18.5 Å². The number of pyridine rings is 1. The van der Waals surface area contributed by atoms with Gasteiger partial charge in [0.1, 0.15) is 11.6 Å². The Labute approximate surface area is 142 Å². The second kappa shape index (κ2) is 8.34. The first kappa shape index (κ1) is 17.8. The third kappa shape index (κ3) is 5.26. The molecule has 2 N–H and O–H groups in total. The highest BCUT2D eigenvalue weighted by molar-refractivity contribution is 5.69. The molecular formula is C19H24N2O3. The summed E-state index contributed by atoms with van der Waals surface area (Å²) < 4.78 is 5.89. The molecule has 0 aliphatic rings. The van der Waals surface area contributed by atoms with Crippen molar-refractivity contribution in [3.63, 3.8) is 0 Å². The van der Waals surface area contributed by atoms with Gasteiger partial charge in [-0.25, -0.2) is 4.98 Å². The van der Waals surface area contributed by atoms with Crippen molar-refractivity contribution < 1.29 is 14.6 Å². The van der Waals surface area contributed by atoms with E-state index in [4.69, 9.17) is 9.84 Å². The maximum Gasteiger partial charge on any atom is 0.304 e. The third-order valence-electron chi connectivity index (χ3n) is 3.76. The van der Waals surface area contributed by atoms with E-state index in [-0.39, 0.29) is 6.42 Å². The van der Waals surface area contributed by atoms with Crippen LogP contribution in [0.4, 0.5) is 5.82 Å². The number of aliphatic carboxylic acids is 1. The molecule has 2 rings (SSSR count). The molecule has 0 atom stereocenters. The summed E-state index contributed by atoms with van der Waals surface area (Å²) in [5, 5.41) is 12.3. The largest absolute Gasteiger partial charge is 0.493 e. The lowest BCUT2D eigenvalue weighted by atomic mass is 9.81. The number of ether oxygens (including phenoxy) is 1. The number of rotatable bonds is 9. The summed E-state index contributed by atoms with van der Waals surface area (Å²) in [6, 6.07) is 13.4. The highest BCUT2D eigenvalue weighted by atomic mass is 16.5. The summed E-state index contributed by atoms with van der Waals surface area (Å²) in [7, 11) is 0. The van der Waals surface area contributed by atoms with Crippen LogP contribution in [0.15, 0.2) is 48.7 Å². The topological polar surface area (TPSA) is 71.5 Å². The predicted molar refractivity (Wildman–Crippen MR) is 94.6 cm³/mol. The van der Waals surface area contributed by atoms with E-state index >= 15 is 0 Å². The number of nitrogens with one attached hydrogen (secondary N) is 1. The monoisotopic (exact) mass is 328 g/mol. The van der Waals surface area contributed by atoms with Crippen molar-refractivity contribution in [1.29, 1.82) is 0 Å². The Morgan fingerprint density at radius 1 is 1.21 bits per heavy atom. The van der Waals surface area contributed by atoms with Crippen LogP contribution in [0, 0.1) is 0 Å². The smallest absolute Gasteiger partial charge is 0.304 e. The molecule has 0 spiro atoms. The summed E-state index contributed by atoms with van der Waals surface area (Å²) in [6.45, 7) is 5.16. The van der Waals surface area contributed by atoms with E-state index in [9.17, 15) is 4.79 Å². The van der Waals surface area contributed by atoms with Gasteiger partial charge in [0.05, 0.1) is 13.0 Å². The molecule has 0 bridgehead atoms. The number of nitrogens with zero attached hydrogens (tertiary/aromatic N) is 1. The van der Waals surface area contributed by atoms with Crippen LogP contribution in [0.25, 0.3) is 0 Å². The van der Waals surface area contributed by atoms with Gasteiger partial charge in [-0.05, 0) is 24.6 Å². The number of para-hydroxylation sites is 1. The quantitative estimate of drug-likeness (QED) is 0.687. The van der Waals surface area contributed by atoms with Gasteiger partial charge in [0.15, 0.2) is 0 Å². The molecule has 1 aromatic heterocycles. The van der Waals surface area contributed by atoms with E-state index in [1.165, 1.54) is 0 Å². The van der Waals surface area contributed by atoms with Crippen LogP contribution in [-0.4, -0.2) is 29.2 Å². The molecule has 0 aliphatic heterocycles. The summed E-state index contributed by atoms with van der Waals surface area (Å²) in [6.07, 6.45) is 2.64. The van der Waals surface area contributed by atoms with Crippen LogP contribution in [0.2, 0.25) is 0 Å². The Hall–Kier alpha value is -2.56. The fraction of sp³-hybridized carbons (Fsp3) is 0.368. The molecule has 5 nitrogen and oxygen atoms in total. The van der Waals surface area contributed by atoms with Gasteiger partial charge in [0.2, 0.25) is 0 Å². The maximum absolute atomic E-state index is 11.1. The zero-order valence-electron chi connectivity index (χ0n) is 14.2. The molecular weight excluding hydrogens is 304 g/mol. The fourth-order valence-electron chi connectivity index (χ4n) is 2.56. The lowest BCUT2D eigenvalue weighted by Gasteiger charge is -2.25. The highest BCUT2D eigenvalue weighted by Crippen LogP contribution is 2.34. The van der Waals surface area contributed by atoms with Crippen LogP contribution in [0.5, 0.6) is 5.75 Å². The third-order valence-corrected chi connectivity index (χ3v) is 3.76. The number of carboxylic acid groups (broad SMARTS) is 1. The van der Waals surface area contributed by atoms with Crippen molar-refractivity contribution in [3.8, 4) is 5.75 Å². The van der Waals surface area contributed by atoms with Crippen LogP contribution in [0.3, 0.4) is 0 Å². The Bertz CT molecular complexity index is 657. The van der Waals surface area contributed by atoms with Gasteiger partial charge < -0.3 is 15.2 Å². The fourth-order valence-corrected chi connectivity index (χ4v) is 2.56. The number of aromatic nitrogens is 1. The van der Waals surface area contributed by atoms with Crippen molar-refractivity contribution in [3.05, 3.63) is 54.2 Å². The van der Waals surface area contributed by atoms with Crippen molar-refractivity contribution in [1.82, 2.24) is 4.98 Å². The molecule has 0 saturated heterocycles. The Morgan fingerprint density at radius 3 is 2.67 bits per heavy atom. The Morgan fingerprint density at radius 2 is 1.96 bits per heavy atom. The van der Waals surface area contributed by atoms with Crippen LogP contribution in [0.1, 0.15) is 32.3 Å². The van der Waals surface area contributed by atoms with Crippen LogP contribution in [-0.2, 0) is 10.2 Å². The van der Waals surface area contributed by atoms with Gasteiger partial charge in [-0.15, -0.1) is 0 Å². The molecule has 0 aliphatic carbocycles. The number of carbonyl (C=O) groups is 1. The first-order valence-corrected chi connectivity index (χ1v) is 8.08. The molecule has 24 heavy (non-hydrogen) atoms. The van der Waals surface area contributed by atoms with E-state index in [0.29, 0.717) is 6.61 Å². The average Bonchev–Trinajstić information content (AvgIpc) is 2.55. The van der Waals surface area contributed by atoms with Crippen molar-refractivity contribution in [2.45, 2.75) is 32.1 Å². The first-order valence-electron chi connectivity index (χ1n) is 8.08. The normalized spacial score (nSPS) is 11.1. The van der Waals surface area contributed by atoms with Crippen molar-refractivity contribution in [2.24, 2.45) is 0 Å². The van der Waals surface area contributed by atoms with Crippen LogP contribution < -0.4 is 10.1 Å². The molecule has 0 amide bonds. The van der Waals surface area contributed by atoms with Crippen LogP contribution >= 0.6 is 0 Å². The lowest BCUT2D eigenvalue weighted by molar-refractivity contribution is -0.138. The summed E-state index contributed by atoms with van der Waals surface area (Å²) >= 11 is 0. The van der Waals surface area contributed by atoms with E-state index in [1.807, 2.05) is 56.3 Å². The first-order chi connectivity index (χ1) is 11.5. The molecule has 1 heterocycles. The Balaban J connectivity index is 1.87. The Kier molecular flexibility index (Phi) is 6.18. The van der Waals surface area contributed by atoms with E-state index in [1.54, 1.807) is 6.20 Å². The molecule has 2 aromatic rings. The number of hydrogen-bond acceptors (Lipinski definition) is 4. The predicted octanol–water partition coefficient (Wildman–Crippen LogP) is 3.71. The van der Waals surface area contributed by atoms with Gasteiger partial charge >= 0.3 is 5.97 Å². The minimum Gasteiger partial charge on any atom is -0.493 e. The summed E-state index contributed by atoms with van der Waals surface area (Å²) in [4.78, 5) is 15.3. The minimum atomic E-state index is -0.811. The minimum absolute atomic E-state index is 0.0641. The highest BCUT2D eigenvalue weighted by Gasteiger charge is 2.27. The van der Waals surface area contributed by atoms with E-state index in [0.717, 1.165) is 30.1 Å². The van der Waals surface area contributed by atoms with Gasteiger partial charge in [0.25, 0.3) is 0 Å². The molecule has 128 valence electrons. The molecule has 5 heteroatoms. The van der Waals surface area contributed by atoms with E-state index in [2.05, 4.69) is 10.3 Å². The van der Waals surface area contributed by atoms with Gasteiger partial charge in [-0.2, -0.15) is 0 Å². The average molecular weight is 328 g/mol. The SMILES string of the molecule is CC(C)(CC(=O)O)c1ccccc1OCCCNc1ccccn1. The van der Waals surface area contributed by atoms with Gasteiger partial charge in [0, 0.05) is 23.7 Å². The number of benzene rings is 1. The molecule has 0 radical (unpaired) electrons. The standard InChI is InChI=1S/C19H24N2O3/c1-19(2,14-18(22)23)15-8-3-4-9-16(15)24-13-7-12-21-17-10-5-6-11-20-17/h3-6,8-11H,7,12-14H2,1-2H3,(H,20,21)(H,22,23). The number of carboxylic acids is 1. The summed E-state index contributed by atoms with van der Waals surface area (Å²) in [5.41, 5.74) is 0.444. The van der Waals surface area contributed by atoms with Crippen molar-refractivity contribution >= 4 is 11.8 Å². The zero-order valence-corrected chi connectivity index (χ0v) is 14.2. The lowest BCUT2D eigenvalue weighted by Crippen LogP contribution is -2.22. The molecule has 0 unspecified atom stereocenters. The molecule has 0 fully saturated rings. The maximum atomic E-state index is 11.1. The van der Waals surface area contributed by atoms with E-state index < -0.39 is 11.4 Å². The number of hydrogen-bond donors (Lipinski definition) is 2. The zero-order chi connectivity index (χ0) is 17.4.